The van der Waals surface area contributed by atoms with Crippen LogP contribution in [0.3, 0.4) is 0 Å². The molecule has 0 aliphatic heterocycles. The summed E-state index contributed by atoms with van der Waals surface area (Å²) in [4.78, 5) is 24.7. The molecule has 0 aliphatic rings. The molecule has 1 N–H and O–H groups in total. The first-order chi connectivity index (χ1) is 16.6. The number of para-hydroxylation sites is 1. The smallest absolute Gasteiger partial charge is 0.267 e. The van der Waals surface area contributed by atoms with Gasteiger partial charge in [0.2, 0.25) is 5.91 Å². The number of carbonyl (C=O) groups is 1. The minimum absolute atomic E-state index is 0.180. The number of hydrogen-bond donors (Lipinski definition) is 1. The van der Waals surface area contributed by atoms with E-state index in [4.69, 9.17) is 9.47 Å². The van der Waals surface area contributed by atoms with Crippen LogP contribution in [-0.2, 0) is 24.5 Å². The van der Waals surface area contributed by atoms with E-state index >= 15 is 0 Å². The van der Waals surface area contributed by atoms with E-state index in [-0.39, 0.29) is 18.0 Å². The Bertz CT molecular complexity index is 1300. The highest BCUT2D eigenvalue weighted by Crippen LogP contribution is 2.27. The third kappa shape index (κ3) is 5.89. The lowest BCUT2D eigenvalue weighted by Crippen LogP contribution is -2.33. The molecule has 0 bridgehead atoms. The van der Waals surface area contributed by atoms with Crippen molar-refractivity contribution in [3.8, 4) is 22.8 Å². The lowest BCUT2D eigenvalue weighted by Gasteiger charge is -2.11. The summed E-state index contributed by atoms with van der Waals surface area (Å²) in [6, 6.07) is 27.9. The second kappa shape index (κ2) is 11.0. The molecule has 1 amide bonds. The fourth-order valence-corrected chi connectivity index (χ4v) is 3.40. The summed E-state index contributed by atoms with van der Waals surface area (Å²) in [7, 11) is 1.57. The molecule has 7 heteroatoms. The van der Waals surface area contributed by atoms with Gasteiger partial charge in [0, 0.05) is 18.2 Å². The summed E-state index contributed by atoms with van der Waals surface area (Å²) in [6.45, 7) is 0.644. The number of nitrogens with zero attached hydrogens (tertiary/aromatic N) is 2. The average molecular weight is 456 g/mol. The summed E-state index contributed by atoms with van der Waals surface area (Å²) in [5.74, 6) is 1.08. The van der Waals surface area contributed by atoms with Gasteiger partial charge in [0.1, 0.15) is 24.7 Å². The Balaban J connectivity index is 1.34. The van der Waals surface area contributed by atoms with E-state index in [1.165, 1.54) is 6.07 Å². The normalized spacial score (nSPS) is 10.5. The molecule has 7 nitrogen and oxygen atoms in total. The third-order valence-electron chi connectivity index (χ3n) is 5.20. The van der Waals surface area contributed by atoms with Crippen LogP contribution in [0.5, 0.6) is 11.5 Å². The van der Waals surface area contributed by atoms with Crippen molar-refractivity contribution >= 4 is 5.91 Å². The Morgan fingerprint density at radius 1 is 0.882 bits per heavy atom. The SMILES string of the molecule is COc1ccccc1-c1ccc(=O)n(CC(=O)NCc2ccc(OCc3ccccc3)cc2)n1. The van der Waals surface area contributed by atoms with Gasteiger partial charge in [-0.25, -0.2) is 4.68 Å². The molecule has 4 aromatic rings. The van der Waals surface area contributed by atoms with Crippen LogP contribution in [0.2, 0.25) is 0 Å². The van der Waals surface area contributed by atoms with Crippen LogP contribution in [0, 0.1) is 0 Å². The first-order valence-corrected chi connectivity index (χ1v) is 10.9. The zero-order valence-electron chi connectivity index (χ0n) is 18.8. The zero-order valence-corrected chi connectivity index (χ0v) is 18.8. The summed E-state index contributed by atoms with van der Waals surface area (Å²) in [5.41, 5.74) is 2.96. The number of benzene rings is 3. The Morgan fingerprint density at radius 3 is 2.38 bits per heavy atom. The number of methoxy groups -OCH3 is 1. The summed E-state index contributed by atoms with van der Waals surface area (Å²) in [6.07, 6.45) is 0. The zero-order chi connectivity index (χ0) is 23.8. The van der Waals surface area contributed by atoms with Crippen LogP contribution >= 0.6 is 0 Å². The van der Waals surface area contributed by atoms with Gasteiger partial charge in [-0.3, -0.25) is 9.59 Å². The minimum atomic E-state index is -0.353. The quantitative estimate of drug-likeness (QED) is 0.415. The number of aromatic nitrogens is 2. The second-order valence-corrected chi connectivity index (χ2v) is 7.61. The molecule has 0 spiro atoms. The van der Waals surface area contributed by atoms with E-state index in [1.54, 1.807) is 13.2 Å². The van der Waals surface area contributed by atoms with Gasteiger partial charge in [-0.2, -0.15) is 5.10 Å². The van der Waals surface area contributed by atoms with Gasteiger partial charge in [0.25, 0.3) is 5.56 Å². The standard InChI is InChI=1S/C27H25N3O4/c1-33-25-10-6-5-9-23(25)24-15-16-27(32)30(29-24)18-26(31)28-17-20-11-13-22(14-12-20)34-19-21-7-3-2-4-8-21/h2-16H,17-19H2,1H3,(H,28,31). The highest BCUT2D eigenvalue weighted by Gasteiger charge is 2.11. The fraction of sp³-hybridized carbons (Fsp3) is 0.148. The van der Waals surface area contributed by atoms with Crippen LogP contribution in [0.25, 0.3) is 11.3 Å². The highest BCUT2D eigenvalue weighted by molar-refractivity contribution is 5.75. The van der Waals surface area contributed by atoms with Crippen molar-refractivity contribution in [1.82, 2.24) is 15.1 Å². The lowest BCUT2D eigenvalue weighted by atomic mass is 10.1. The summed E-state index contributed by atoms with van der Waals surface area (Å²) < 4.78 is 12.3. The highest BCUT2D eigenvalue weighted by atomic mass is 16.5. The molecule has 0 unspecified atom stereocenters. The van der Waals surface area contributed by atoms with Crippen LogP contribution in [-0.4, -0.2) is 22.8 Å². The molecule has 34 heavy (non-hydrogen) atoms. The van der Waals surface area contributed by atoms with Gasteiger partial charge < -0.3 is 14.8 Å². The second-order valence-electron chi connectivity index (χ2n) is 7.61. The largest absolute Gasteiger partial charge is 0.496 e. The van der Waals surface area contributed by atoms with Crippen molar-refractivity contribution in [1.29, 1.82) is 0 Å². The predicted molar refractivity (Wildman–Crippen MR) is 130 cm³/mol. The number of ether oxygens (including phenoxy) is 2. The maximum Gasteiger partial charge on any atom is 0.267 e. The molecule has 4 rings (SSSR count). The monoisotopic (exact) mass is 455 g/mol. The van der Waals surface area contributed by atoms with Crippen LogP contribution < -0.4 is 20.3 Å². The maximum absolute atomic E-state index is 12.5. The van der Waals surface area contributed by atoms with E-state index in [2.05, 4.69) is 10.4 Å². The number of hydrogen-bond acceptors (Lipinski definition) is 5. The van der Waals surface area contributed by atoms with Crippen molar-refractivity contribution in [2.45, 2.75) is 19.7 Å². The predicted octanol–water partition coefficient (Wildman–Crippen LogP) is 3.81. The lowest BCUT2D eigenvalue weighted by molar-refractivity contribution is -0.122. The van der Waals surface area contributed by atoms with E-state index < -0.39 is 0 Å². The van der Waals surface area contributed by atoms with Gasteiger partial charge in [-0.05, 0) is 41.5 Å². The number of amides is 1. The van der Waals surface area contributed by atoms with Crippen molar-refractivity contribution in [2.24, 2.45) is 0 Å². The van der Waals surface area contributed by atoms with Gasteiger partial charge in [-0.15, -0.1) is 0 Å². The Morgan fingerprint density at radius 2 is 1.62 bits per heavy atom. The van der Waals surface area contributed by atoms with Gasteiger partial charge in [0.15, 0.2) is 0 Å². The van der Waals surface area contributed by atoms with Crippen LogP contribution in [0.1, 0.15) is 11.1 Å². The molecule has 1 aromatic heterocycles. The Kier molecular flexibility index (Phi) is 7.35. The first kappa shape index (κ1) is 22.8. The Labute approximate surface area is 197 Å². The molecule has 0 aliphatic carbocycles. The fourth-order valence-electron chi connectivity index (χ4n) is 3.40. The van der Waals surface area contributed by atoms with Gasteiger partial charge in [-0.1, -0.05) is 54.6 Å². The molecular formula is C27H25N3O4. The minimum Gasteiger partial charge on any atom is -0.496 e. The molecule has 172 valence electrons. The molecule has 3 aromatic carbocycles. The molecule has 0 radical (unpaired) electrons. The van der Waals surface area contributed by atoms with Crippen molar-refractivity contribution in [2.75, 3.05) is 7.11 Å². The van der Waals surface area contributed by atoms with Gasteiger partial charge in [0.05, 0.1) is 12.8 Å². The maximum atomic E-state index is 12.5. The summed E-state index contributed by atoms with van der Waals surface area (Å²) >= 11 is 0. The molecule has 1 heterocycles. The Hall–Kier alpha value is -4.39. The molecule has 0 atom stereocenters. The average Bonchev–Trinajstić information content (AvgIpc) is 2.89. The van der Waals surface area contributed by atoms with Crippen LogP contribution in [0.4, 0.5) is 0 Å². The molecular weight excluding hydrogens is 430 g/mol. The summed E-state index contributed by atoms with van der Waals surface area (Å²) in [5, 5.41) is 7.18. The van der Waals surface area contributed by atoms with Gasteiger partial charge >= 0.3 is 0 Å². The van der Waals surface area contributed by atoms with Crippen molar-refractivity contribution in [3.63, 3.8) is 0 Å². The third-order valence-corrected chi connectivity index (χ3v) is 5.20. The number of carbonyl (C=O) groups excluding carboxylic acids is 1. The van der Waals surface area contributed by atoms with Crippen molar-refractivity contribution < 1.29 is 14.3 Å². The number of rotatable bonds is 9. The van der Waals surface area contributed by atoms with E-state index in [1.807, 2.05) is 78.9 Å². The first-order valence-electron chi connectivity index (χ1n) is 10.9. The van der Waals surface area contributed by atoms with E-state index in [0.717, 1.165) is 27.1 Å². The van der Waals surface area contributed by atoms with Crippen LogP contribution in [0.15, 0.2) is 95.8 Å². The van der Waals surface area contributed by atoms with E-state index in [9.17, 15) is 9.59 Å². The molecule has 0 saturated carbocycles. The topological polar surface area (TPSA) is 82.5 Å². The molecule has 0 fully saturated rings. The van der Waals surface area contributed by atoms with E-state index in [0.29, 0.717) is 24.6 Å². The van der Waals surface area contributed by atoms with Crippen molar-refractivity contribution in [3.05, 3.63) is 112 Å². The number of nitrogens with one attached hydrogen (secondary N) is 1. The molecule has 0 saturated heterocycles.